The lowest BCUT2D eigenvalue weighted by Gasteiger charge is -2.02. The highest BCUT2D eigenvalue weighted by molar-refractivity contribution is 6.33. The average molecular weight is 266 g/mol. The number of aryl methyl sites for hydroxylation is 1. The van der Waals surface area contributed by atoms with Gasteiger partial charge in [-0.15, -0.1) is 0 Å². The van der Waals surface area contributed by atoms with E-state index in [0.717, 1.165) is 5.56 Å². The zero-order valence-corrected chi connectivity index (χ0v) is 10.6. The largest absolute Gasteiger partial charge is 0.308 e. The summed E-state index contributed by atoms with van der Waals surface area (Å²) in [5, 5.41) is 7.21. The highest BCUT2D eigenvalue weighted by atomic mass is 35.5. The first-order valence-corrected chi connectivity index (χ1v) is 5.83. The Morgan fingerprint density at radius 2 is 2.17 bits per heavy atom. The number of halogens is 1. The number of amides is 1. The predicted molar refractivity (Wildman–Crippen MR) is 67.3 cm³/mol. The van der Waals surface area contributed by atoms with Gasteiger partial charge >= 0.3 is 0 Å². The van der Waals surface area contributed by atoms with Crippen molar-refractivity contribution >= 4 is 23.3 Å². The van der Waals surface area contributed by atoms with Crippen LogP contribution in [0.4, 0.5) is 5.82 Å². The van der Waals surface area contributed by atoms with Gasteiger partial charge in [0.1, 0.15) is 11.3 Å². The summed E-state index contributed by atoms with van der Waals surface area (Å²) in [5.74, 6) is 0.174. The SMILES string of the molecule is CCn1cc(Cl)c(NC(=O)Cc2cncnc2)n1. The van der Waals surface area contributed by atoms with Crippen LogP contribution in [-0.2, 0) is 17.8 Å². The Hall–Kier alpha value is -1.95. The number of nitrogens with zero attached hydrogens (tertiary/aromatic N) is 4. The Balaban J connectivity index is 2.01. The predicted octanol–water partition coefficient (Wildman–Crippen LogP) is 1.53. The third-order valence-electron chi connectivity index (χ3n) is 2.28. The molecule has 0 aliphatic rings. The lowest BCUT2D eigenvalue weighted by Crippen LogP contribution is -2.15. The molecule has 0 spiro atoms. The molecule has 2 aromatic rings. The molecule has 2 aromatic heterocycles. The number of aromatic nitrogens is 4. The fourth-order valence-corrected chi connectivity index (χ4v) is 1.62. The first-order valence-electron chi connectivity index (χ1n) is 5.45. The van der Waals surface area contributed by atoms with Crippen LogP contribution in [0, 0.1) is 0 Å². The monoisotopic (exact) mass is 265 g/mol. The van der Waals surface area contributed by atoms with E-state index in [-0.39, 0.29) is 12.3 Å². The molecule has 0 fully saturated rings. The fourth-order valence-electron chi connectivity index (χ4n) is 1.43. The van der Waals surface area contributed by atoms with Gasteiger partial charge in [-0.1, -0.05) is 11.6 Å². The van der Waals surface area contributed by atoms with E-state index in [2.05, 4.69) is 20.4 Å². The number of hydrogen-bond donors (Lipinski definition) is 1. The molecular weight excluding hydrogens is 254 g/mol. The lowest BCUT2D eigenvalue weighted by atomic mass is 10.2. The van der Waals surface area contributed by atoms with Gasteiger partial charge in [0.25, 0.3) is 0 Å². The molecule has 0 bridgehead atoms. The Morgan fingerprint density at radius 1 is 1.44 bits per heavy atom. The third kappa shape index (κ3) is 3.04. The topological polar surface area (TPSA) is 72.7 Å². The molecule has 6 nitrogen and oxygen atoms in total. The highest BCUT2D eigenvalue weighted by Crippen LogP contribution is 2.19. The minimum absolute atomic E-state index is 0.191. The van der Waals surface area contributed by atoms with Crippen molar-refractivity contribution in [1.29, 1.82) is 0 Å². The number of hydrogen-bond acceptors (Lipinski definition) is 4. The molecule has 18 heavy (non-hydrogen) atoms. The van der Waals surface area contributed by atoms with E-state index in [1.807, 2.05) is 6.92 Å². The summed E-state index contributed by atoms with van der Waals surface area (Å²) in [6.07, 6.45) is 6.47. The summed E-state index contributed by atoms with van der Waals surface area (Å²) in [6, 6.07) is 0. The smallest absolute Gasteiger partial charge is 0.230 e. The number of carbonyl (C=O) groups is 1. The van der Waals surface area contributed by atoms with Crippen molar-refractivity contribution in [3.8, 4) is 0 Å². The van der Waals surface area contributed by atoms with Gasteiger partial charge in [0.15, 0.2) is 5.82 Å². The van der Waals surface area contributed by atoms with Crippen molar-refractivity contribution in [1.82, 2.24) is 19.7 Å². The minimum Gasteiger partial charge on any atom is -0.308 e. The van der Waals surface area contributed by atoms with Gasteiger partial charge in [-0.3, -0.25) is 9.48 Å². The molecule has 0 aliphatic heterocycles. The Morgan fingerprint density at radius 3 is 2.78 bits per heavy atom. The van der Waals surface area contributed by atoms with Crippen LogP contribution in [0.3, 0.4) is 0 Å². The standard InChI is InChI=1S/C11H12ClN5O/c1-2-17-6-9(12)11(16-17)15-10(18)3-8-4-13-7-14-5-8/h4-7H,2-3H2,1H3,(H,15,16,18). The van der Waals surface area contributed by atoms with Crippen molar-refractivity contribution < 1.29 is 4.79 Å². The van der Waals surface area contributed by atoms with Crippen LogP contribution in [0.5, 0.6) is 0 Å². The number of carbonyl (C=O) groups excluding carboxylic acids is 1. The first kappa shape index (κ1) is 12.5. The van der Waals surface area contributed by atoms with Crippen LogP contribution in [0.25, 0.3) is 0 Å². The Bertz CT molecular complexity index is 540. The third-order valence-corrected chi connectivity index (χ3v) is 2.55. The van der Waals surface area contributed by atoms with E-state index in [4.69, 9.17) is 11.6 Å². The van der Waals surface area contributed by atoms with E-state index in [1.54, 1.807) is 23.3 Å². The molecule has 1 amide bonds. The van der Waals surface area contributed by atoms with Gasteiger partial charge in [-0.25, -0.2) is 9.97 Å². The summed E-state index contributed by atoms with van der Waals surface area (Å²) < 4.78 is 1.66. The Kier molecular flexibility index (Phi) is 3.88. The fraction of sp³-hybridized carbons (Fsp3) is 0.273. The van der Waals surface area contributed by atoms with E-state index in [9.17, 15) is 4.79 Å². The van der Waals surface area contributed by atoms with Crippen molar-refractivity contribution in [2.75, 3.05) is 5.32 Å². The summed E-state index contributed by atoms with van der Waals surface area (Å²) in [4.78, 5) is 19.4. The van der Waals surface area contributed by atoms with Crippen molar-refractivity contribution in [2.24, 2.45) is 0 Å². The quantitative estimate of drug-likeness (QED) is 0.910. The second-order valence-corrected chi connectivity index (χ2v) is 4.06. The first-order chi connectivity index (χ1) is 8.69. The van der Waals surface area contributed by atoms with E-state index in [1.165, 1.54) is 6.33 Å². The molecule has 0 saturated heterocycles. The van der Waals surface area contributed by atoms with Crippen LogP contribution in [0.2, 0.25) is 5.02 Å². The zero-order chi connectivity index (χ0) is 13.0. The zero-order valence-electron chi connectivity index (χ0n) is 9.80. The van der Waals surface area contributed by atoms with Gasteiger partial charge in [0.05, 0.1) is 6.42 Å². The maximum Gasteiger partial charge on any atom is 0.230 e. The van der Waals surface area contributed by atoms with Gasteiger partial charge in [0, 0.05) is 25.1 Å². The summed E-state index contributed by atoms with van der Waals surface area (Å²) in [5.41, 5.74) is 0.737. The number of nitrogens with one attached hydrogen (secondary N) is 1. The molecule has 94 valence electrons. The van der Waals surface area contributed by atoms with Crippen molar-refractivity contribution in [3.63, 3.8) is 0 Å². The molecule has 0 unspecified atom stereocenters. The molecule has 0 aromatic carbocycles. The molecule has 0 atom stereocenters. The van der Waals surface area contributed by atoms with Crippen LogP contribution >= 0.6 is 11.6 Å². The maximum atomic E-state index is 11.8. The van der Waals surface area contributed by atoms with Crippen LogP contribution < -0.4 is 5.32 Å². The van der Waals surface area contributed by atoms with E-state index in [0.29, 0.717) is 17.4 Å². The Labute approximate surface area is 109 Å². The van der Waals surface area contributed by atoms with E-state index < -0.39 is 0 Å². The molecule has 2 heterocycles. The van der Waals surface area contributed by atoms with Crippen LogP contribution in [-0.4, -0.2) is 25.7 Å². The normalized spacial score (nSPS) is 10.3. The van der Waals surface area contributed by atoms with Gasteiger partial charge in [-0.2, -0.15) is 5.10 Å². The van der Waals surface area contributed by atoms with Crippen molar-refractivity contribution in [3.05, 3.63) is 35.5 Å². The molecule has 1 N–H and O–H groups in total. The van der Waals surface area contributed by atoms with Crippen LogP contribution in [0.15, 0.2) is 24.9 Å². The maximum absolute atomic E-state index is 11.8. The van der Waals surface area contributed by atoms with E-state index >= 15 is 0 Å². The molecule has 0 radical (unpaired) electrons. The molecule has 0 aliphatic carbocycles. The average Bonchev–Trinajstić information content (AvgIpc) is 2.71. The highest BCUT2D eigenvalue weighted by Gasteiger charge is 2.10. The number of anilines is 1. The second-order valence-electron chi connectivity index (χ2n) is 3.65. The molecular formula is C11H12ClN5O. The summed E-state index contributed by atoms with van der Waals surface area (Å²) in [6.45, 7) is 2.64. The lowest BCUT2D eigenvalue weighted by molar-refractivity contribution is -0.115. The van der Waals surface area contributed by atoms with Crippen molar-refractivity contribution in [2.45, 2.75) is 19.9 Å². The van der Waals surface area contributed by atoms with Gasteiger partial charge in [0.2, 0.25) is 5.91 Å². The second kappa shape index (κ2) is 5.59. The molecule has 7 heteroatoms. The molecule has 0 saturated carbocycles. The van der Waals surface area contributed by atoms with Gasteiger partial charge < -0.3 is 5.32 Å². The minimum atomic E-state index is -0.201. The number of rotatable bonds is 4. The van der Waals surface area contributed by atoms with Crippen LogP contribution in [0.1, 0.15) is 12.5 Å². The summed E-state index contributed by atoms with van der Waals surface area (Å²) in [7, 11) is 0. The summed E-state index contributed by atoms with van der Waals surface area (Å²) >= 11 is 5.95. The van der Waals surface area contributed by atoms with Gasteiger partial charge in [-0.05, 0) is 12.5 Å². The molecule has 2 rings (SSSR count).